The zero-order valence-corrected chi connectivity index (χ0v) is 17.3. The van der Waals surface area contributed by atoms with Crippen LogP contribution >= 0.6 is 11.6 Å². The molecule has 0 saturated heterocycles. The van der Waals surface area contributed by atoms with Gasteiger partial charge in [0, 0.05) is 28.7 Å². The van der Waals surface area contributed by atoms with Crippen molar-refractivity contribution in [1.82, 2.24) is 9.62 Å². The van der Waals surface area contributed by atoms with Crippen LogP contribution < -0.4 is 4.72 Å². The van der Waals surface area contributed by atoms with Crippen molar-refractivity contribution in [2.45, 2.75) is 44.2 Å². The Bertz CT molecular complexity index is 986. The molecule has 1 N–H and O–H groups in total. The summed E-state index contributed by atoms with van der Waals surface area (Å²) < 4.78 is 41.3. The van der Waals surface area contributed by atoms with Crippen molar-refractivity contribution in [1.29, 1.82) is 0 Å². The number of nitrogens with one attached hydrogen (secondary N) is 1. The summed E-state index contributed by atoms with van der Waals surface area (Å²) in [4.78, 5) is 14.9. The molecular formula is C20H22ClFN2O3S. The van der Waals surface area contributed by atoms with Crippen molar-refractivity contribution in [3.05, 3.63) is 63.9 Å². The summed E-state index contributed by atoms with van der Waals surface area (Å²) in [5, 5.41) is 0.263. The van der Waals surface area contributed by atoms with Gasteiger partial charge in [0.1, 0.15) is 5.82 Å². The molecule has 1 aliphatic rings. The van der Waals surface area contributed by atoms with Gasteiger partial charge in [0.2, 0.25) is 10.0 Å². The van der Waals surface area contributed by atoms with Gasteiger partial charge in [-0.15, -0.1) is 0 Å². The average Bonchev–Trinajstić information content (AvgIpc) is 3.46. The first-order valence-corrected chi connectivity index (χ1v) is 10.9. The summed E-state index contributed by atoms with van der Waals surface area (Å²) in [7, 11) is -3.69. The second-order valence-corrected chi connectivity index (χ2v) is 9.02. The van der Waals surface area contributed by atoms with Crippen molar-refractivity contribution < 1.29 is 17.6 Å². The van der Waals surface area contributed by atoms with Gasteiger partial charge in [0.05, 0.1) is 11.4 Å². The first kappa shape index (κ1) is 20.8. The van der Waals surface area contributed by atoms with E-state index in [0.29, 0.717) is 11.1 Å². The third-order valence-electron chi connectivity index (χ3n) is 4.72. The number of aryl methyl sites for hydroxylation is 1. The number of hydrogen-bond acceptors (Lipinski definition) is 3. The van der Waals surface area contributed by atoms with E-state index in [1.54, 1.807) is 30.9 Å². The van der Waals surface area contributed by atoms with E-state index in [1.807, 2.05) is 0 Å². The standard InChI is InChI=1S/C20H22ClFN2O3S/c1-3-23-28(26,27)15-10-7-13(2)16(11-15)20(25)24(14-8-9-14)12-17-18(21)5-4-6-19(17)22/h4-7,10-11,14,23H,3,8-9,12H2,1-2H3. The lowest BCUT2D eigenvalue weighted by molar-refractivity contribution is 0.0727. The van der Waals surface area contributed by atoms with Crippen LogP contribution in [0.25, 0.3) is 0 Å². The van der Waals surface area contributed by atoms with Gasteiger partial charge in [-0.1, -0.05) is 30.7 Å². The normalized spacial score (nSPS) is 14.1. The fourth-order valence-corrected chi connectivity index (χ4v) is 4.32. The fourth-order valence-electron chi connectivity index (χ4n) is 3.03. The number of nitrogens with zero attached hydrogens (tertiary/aromatic N) is 1. The molecule has 0 atom stereocenters. The van der Waals surface area contributed by atoms with Gasteiger partial charge in [-0.05, 0) is 49.6 Å². The minimum Gasteiger partial charge on any atom is -0.331 e. The molecule has 0 radical (unpaired) electrons. The number of amides is 1. The van der Waals surface area contributed by atoms with E-state index >= 15 is 0 Å². The summed E-state index contributed by atoms with van der Waals surface area (Å²) in [5.41, 5.74) is 1.21. The van der Waals surface area contributed by atoms with E-state index in [0.717, 1.165) is 12.8 Å². The van der Waals surface area contributed by atoms with E-state index in [1.165, 1.54) is 24.3 Å². The van der Waals surface area contributed by atoms with Crippen LogP contribution in [0.5, 0.6) is 0 Å². The van der Waals surface area contributed by atoms with Gasteiger partial charge in [-0.25, -0.2) is 17.5 Å². The molecule has 0 unspecified atom stereocenters. The van der Waals surface area contributed by atoms with Crippen LogP contribution in [-0.4, -0.2) is 31.8 Å². The Labute approximate surface area is 169 Å². The van der Waals surface area contributed by atoms with Crippen LogP contribution in [0.2, 0.25) is 5.02 Å². The Morgan fingerprint density at radius 2 is 2.00 bits per heavy atom. The molecule has 5 nitrogen and oxygen atoms in total. The van der Waals surface area contributed by atoms with Crippen LogP contribution in [0, 0.1) is 12.7 Å². The Hall–Kier alpha value is -1.96. The molecule has 3 rings (SSSR count). The molecule has 0 aliphatic heterocycles. The van der Waals surface area contributed by atoms with Crippen molar-refractivity contribution in [2.24, 2.45) is 0 Å². The monoisotopic (exact) mass is 424 g/mol. The zero-order chi connectivity index (χ0) is 20.5. The van der Waals surface area contributed by atoms with E-state index < -0.39 is 15.8 Å². The van der Waals surface area contributed by atoms with E-state index in [9.17, 15) is 17.6 Å². The Kier molecular flexibility index (Phi) is 6.07. The van der Waals surface area contributed by atoms with E-state index in [2.05, 4.69) is 4.72 Å². The molecule has 150 valence electrons. The zero-order valence-electron chi connectivity index (χ0n) is 15.7. The quantitative estimate of drug-likeness (QED) is 0.733. The summed E-state index contributed by atoms with van der Waals surface area (Å²) >= 11 is 6.13. The summed E-state index contributed by atoms with van der Waals surface area (Å²) in [6.07, 6.45) is 1.65. The molecule has 1 amide bonds. The Morgan fingerprint density at radius 3 is 2.61 bits per heavy atom. The number of carbonyl (C=O) groups is 1. The molecule has 0 spiro atoms. The Balaban J connectivity index is 1.96. The highest BCUT2D eigenvalue weighted by molar-refractivity contribution is 7.89. The fraction of sp³-hybridized carbons (Fsp3) is 0.350. The molecule has 0 bridgehead atoms. The van der Waals surface area contributed by atoms with Gasteiger partial charge in [-0.2, -0.15) is 0 Å². The molecule has 2 aromatic rings. The predicted octanol–water partition coefficient (Wildman–Crippen LogP) is 3.89. The number of hydrogen-bond donors (Lipinski definition) is 1. The average molecular weight is 425 g/mol. The maximum absolute atomic E-state index is 14.2. The van der Waals surface area contributed by atoms with Crippen molar-refractivity contribution in [3.63, 3.8) is 0 Å². The highest BCUT2D eigenvalue weighted by atomic mass is 35.5. The van der Waals surface area contributed by atoms with Gasteiger partial charge in [-0.3, -0.25) is 4.79 Å². The molecular weight excluding hydrogens is 403 g/mol. The van der Waals surface area contributed by atoms with Gasteiger partial charge >= 0.3 is 0 Å². The molecule has 0 aromatic heterocycles. The first-order chi connectivity index (χ1) is 13.2. The lowest BCUT2D eigenvalue weighted by Crippen LogP contribution is -2.34. The van der Waals surface area contributed by atoms with Gasteiger partial charge < -0.3 is 4.90 Å². The molecule has 28 heavy (non-hydrogen) atoms. The van der Waals surface area contributed by atoms with Gasteiger partial charge in [0.25, 0.3) is 5.91 Å². The predicted molar refractivity (Wildman–Crippen MR) is 106 cm³/mol. The first-order valence-electron chi connectivity index (χ1n) is 9.08. The van der Waals surface area contributed by atoms with E-state index in [-0.39, 0.29) is 40.5 Å². The second kappa shape index (κ2) is 8.19. The third-order valence-corrected chi connectivity index (χ3v) is 6.62. The maximum atomic E-state index is 14.2. The topological polar surface area (TPSA) is 66.5 Å². The van der Waals surface area contributed by atoms with Crippen molar-refractivity contribution >= 4 is 27.5 Å². The van der Waals surface area contributed by atoms with Gasteiger partial charge in [0.15, 0.2) is 0 Å². The van der Waals surface area contributed by atoms with Crippen LogP contribution in [-0.2, 0) is 16.6 Å². The second-order valence-electron chi connectivity index (χ2n) is 6.84. The SMILES string of the molecule is CCNS(=O)(=O)c1ccc(C)c(C(=O)N(Cc2c(F)cccc2Cl)C2CC2)c1. The molecule has 1 aliphatic carbocycles. The highest BCUT2D eigenvalue weighted by Gasteiger charge is 2.35. The largest absolute Gasteiger partial charge is 0.331 e. The number of rotatable bonds is 7. The minimum atomic E-state index is -3.69. The lowest BCUT2D eigenvalue weighted by atomic mass is 10.1. The number of benzene rings is 2. The van der Waals surface area contributed by atoms with Crippen molar-refractivity contribution in [3.8, 4) is 0 Å². The van der Waals surface area contributed by atoms with Crippen molar-refractivity contribution in [2.75, 3.05) is 6.54 Å². The van der Waals surface area contributed by atoms with E-state index in [4.69, 9.17) is 11.6 Å². The lowest BCUT2D eigenvalue weighted by Gasteiger charge is -2.24. The molecule has 1 fully saturated rings. The number of sulfonamides is 1. The molecule has 2 aromatic carbocycles. The summed E-state index contributed by atoms with van der Waals surface area (Å²) in [5.74, 6) is -0.793. The summed E-state index contributed by atoms with van der Waals surface area (Å²) in [6.45, 7) is 3.72. The van der Waals surface area contributed by atoms with Crippen LogP contribution in [0.3, 0.4) is 0 Å². The smallest absolute Gasteiger partial charge is 0.254 e. The van der Waals surface area contributed by atoms with Crippen LogP contribution in [0.1, 0.15) is 41.3 Å². The van der Waals surface area contributed by atoms with Crippen LogP contribution in [0.4, 0.5) is 4.39 Å². The Morgan fingerprint density at radius 1 is 1.29 bits per heavy atom. The number of carbonyl (C=O) groups excluding carboxylic acids is 1. The molecule has 8 heteroatoms. The maximum Gasteiger partial charge on any atom is 0.254 e. The van der Waals surface area contributed by atoms with Crippen LogP contribution in [0.15, 0.2) is 41.3 Å². The third kappa shape index (κ3) is 4.37. The summed E-state index contributed by atoms with van der Waals surface area (Å²) in [6, 6.07) is 8.88. The number of halogens is 2. The molecule has 1 saturated carbocycles. The molecule has 0 heterocycles. The highest BCUT2D eigenvalue weighted by Crippen LogP contribution is 2.32. The minimum absolute atomic E-state index is 0.00315.